The minimum atomic E-state index is 0.0590. The summed E-state index contributed by atoms with van der Waals surface area (Å²) < 4.78 is 0. The molecule has 1 N–H and O–H groups in total. The van der Waals surface area contributed by atoms with E-state index in [0.29, 0.717) is 12.3 Å². The summed E-state index contributed by atoms with van der Waals surface area (Å²) in [5.41, 5.74) is 1.03. The molecule has 0 saturated heterocycles. The van der Waals surface area contributed by atoms with Gasteiger partial charge in [-0.05, 0) is 36.5 Å². The highest BCUT2D eigenvalue weighted by atomic mass is 16.3. The van der Waals surface area contributed by atoms with Crippen LogP contribution in [-0.4, -0.2) is 29.5 Å². The van der Waals surface area contributed by atoms with Gasteiger partial charge in [0.15, 0.2) is 0 Å². The second-order valence-electron chi connectivity index (χ2n) is 5.02. The summed E-state index contributed by atoms with van der Waals surface area (Å²) >= 11 is 0. The summed E-state index contributed by atoms with van der Waals surface area (Å²) in [7, 11) is 1.83. The summed E-state index contributed by atoms with van der Waals surface area (Å²) in [6.07, 6.45) is 3.31. The van der Waals surface area contributed by atoms with Gasteiger partial charge in [-0.2, -0.15) is 0 Å². The van der Waals surface area contributed by atoms with Crippen LogP contribution in [-0.2, 0) is 11.2 Å². The summed E-state index contributed by atoms with van der Waals surface area (Å²) in [6.45, 7) is 5.10. The van der Waals surface area contributed by atoms with Gasteiger partial charge in [0, 0.05) is 13.6 Å². The standard InChI is InChI=1S/C15H22NO2/c1-12(2)10-11-16(3)15(18)9-6-13-4-7-14(17)8-5-13/h4-5,7-9,12,17H,6,10-11H2,1-3H3. The van der Waals surface area contributed by atoms with Gasteiger partial charge in [-0.3, -0.25) is 4.79 Å². The fourth-order valence-corrected chi connectivity index (χ4v) is 1.56. The summed E-state index contributed by atoms with van der Waals surface area (Å²) in [6, 6.07) is 6.92. The molecule has 99 valence electrons. The number of hydrogen-bond acceptors (Lipinski definition) is 2. The molecule has 3 heteroatoms. The van der Waals surface area contributed by atoms with Gasteiger partial charge in [-0.15, -0.1) is 0 Å². The highest BCUT2D eigenvalue weighted by Crippen LogP contribution is 2.11. The van der Waals surface area contributed by atoms with Crippen LogP contribution in [0.25, 0.3) is 0 Å². The number of aromatic hydroxyl groups is 1. The smallest absolute Gasteiger partial charge is 0.226 e. The Morgan fingerprint density at radius 2 is 1.94 bits per heavy atom. The fourth-order valence-electron chi connectivity index (χ4n) is 1.56. The van der Waals surface area contributed by atoms with E-state index in [4.69, 9.17) is 5.11 Å². The lowest BCUT2D eigenvalue weighted by Crippen LogP contribution is -2.29. The van der Waals surface area contributed by atoms with E-state index in [1.54, 1.807) is 23.5 Å². The number of phenolic OH excluding ortho intramolecular Hbond substituents is 1. The van der Waals surface area contributed by atoms with E-state index in [9.17, 15) is 4.79 Å². The van der Waals surface area contributed by atoms with E-state index in [1.807, 2.05) is 19.2 Å². The second-order valence-corrected chi connectivity index (χ2v) is 5.02. The molecule has 18 heavy (non-hydrogen) atoms. The Morgan fingerprint density at radius 3 is 2.50 bits per heavy atom. The molecule has 0 atom stereocenters. The first-order valence-corrected chi connectivity index (χ1v) is 6.35. The summed E-state index contributed by atoms with van der Waals surface area (Å²) in [5.74, 6) is 0.917. The van der Waals surface area contributed by atoms with E-state index >= 15 is 0 Å². The van der Waals surface area contributed by atoms with Crippen LogP contribution >= 0.6 is 0 Å². The largest absolute Gasteiger partial charge is 0.508 e. The molecule has 0 heterocycles. The molecule has 3 nitrogen and oxygen atoms in total. The van der Waals surface area contributed by atoms with Crippen molar-refractivity contribution < 1.29 is 9.90 Å². The molecule has 1 aromatic carbocycles. The summed E-state index contributed by atoms with van der Waals surface area (Å²) in [5, 5.41) is 9.16. The molecule has 0 aromatic heterocycles. The molecular weight excluding hydrogens is 226 g/mol. The number of benzene rings is 1. The van der Waals surface area contributed by atoms with Crippen molar-refractivity contribution in [3.8, 4) is 5.75 Å². The Kier molecular flexibility index (Phi) is 5.69. The molecule has 0 unspecified atom stereocenters. The van der Waals surface area contributed by atoms with Gasteiger partial charge < -0.3 is 10.0 Å². The average Bonchev–Trinajstić information content (AvgIpc) is 2.34. The molecule has 1 aromatic rings. The van der Waals surface area contributed by atoms with Crippen molar-refractivity contribution in [2.45, 2.75) is 26.7 Å². The number of nitrogens with zero attached hydrogens (tertiary/aromatic N) is 1. The normalized spacial score (nSPS) is 10.7. The van der Waals surface area contributed by atoms with E-state index in [1.165, 1.54) is 0 Å². The maximum absolute atomic E-state index is 11.8. The lowest BCUT2D eigenvalue weighted by molar-refractivity contribution is -0.126. The highest BCUT2D eigenvalue weighted by molar-refractivity contribution is 5.84. The van der Waals surface area contributed by atoms with Crippen LogP contribution in [0, 0.1) is 12.3 Å². The lowest BCUT2D eigenvalue weighted by atomic mass is 10.1. The molecule has 1 amide bonds. The molecule has 1 rings (SSSR count). The van der Waals surface area contributed by atoms with Crippen molar-refractivity contribution in [3.63, 3.8) is 0 Å². The molecule has 0 bridgehead atoms. The Labute approximate surface area is 109 Å². The van der Waals surface area contributed by atoms with Crippen LogP contribution in [0.4, 0.5) is 0 Å². The highest BCUT2D eigenvalue weighted by Gasteiger charge is 2.09. The minimum absolute atomic E-state index is 0.0590. The van der Waals surface area contributed by atoms with Crippen LogP contribution in [0.3, 0.4) is 0 Å². The van der Waals surface area contributed by atoms with Crippen LogP contribution < -0.4 is 0 Å². The molecule has 1 radical (unpaired) electrons. The Hall–Kier alpha value is -1.51. The lowest BCUT2D eigenvalue weighted by Gasteiger charge is -2.18. The maximum atomic E-state index is 11.8. The first-order chi connectivity index (χ1) is 8.49. The second kappa shape index (κ2) is 7.04. The van der Waals surface area contributed by atoms with Crippen molar-refractivity contribution in [1.29, 1.82) is 0 Å². The van der Waals surface area contributed by atoms with Gasteiger partial charge in [0.1, 0.15) is 5.75 Å². The van der Waals surface area contributed by atoms with Crippen molar-refractivity contribution in [3.05, 3.63) is 36.2 Å². The van der Waals surface area contributed by atoms with Gasteiger partial charge >= 0.3 is 0 Å². The third-order valence-electron chi connectivity index (χ3n) is 2.87. The zero-order valence-corrected chi connectivity index (χ0v) is 11.4. The predicted molar refractivity (Wildman–Crippen MR) is 73.2 cm³/mol. The van der Waals surface area contributed by atoms with Gasteiger partial charge in [-0.1, -0.05) is 26.0 Å². The minimum Gasteiger partial charge on any atom is -0.508 e. The topological polar surface area (TPSA) is 40.5 Å². The molecule has 0 aliphatic rings. The van der Waals surface area contributed by atoms with Crippen LogP contribution in [0.2, 0.25) is 0 Å². The third kappa shape index (κ3) is 5.21. The zero-order valence-electron chi connectivity index (χ0n) is 11.4. The number of carbonyl (C=O) groups excluding carboxylic acids is 1. The molecule has 0 aliphatic heterocycles. The van der Waals surface area contributed by atoms with Crippen molar-refractivity contribution in [1.82, 2.24) is 4.90 Å². The summed E-state index contributed by atoms with van der Waals surface area (Å²) in [4.78, 5) is 13.6. The molecular formula is C15H22NO2. The van der Waals surface area contributed by atoms with E-state index in [2.05, 4.69) is 13.8 Å². The number of hydrogen-bond donors (Lipinski definition) is 1. The van der Waals surface area contributed by atoms with Crippen molar-refractivity contribution in [2.24, 2.45) is 5.92 Å². The van der Waals surface area contributed by atoms with E-state index < -0.39 is 0 Å². The third-order valence-corrected chi connectivity index (χ3v) is 2.87. The number of phenols is 1. The van der Waals surface area contributed by atoms with Crippen molar-refractivity contribution in [2.75, 3.05) is 13.6 Å². The Morgan fingerprint density at radius 1 is 1.33 bits per heavy atom. The van der Waals surface area contributed by atoms with Crippen LogP contribution in [0.1, 0.15) is 25.8 Å². The molecule has 0 spiro atoms. The van der Waals surface area contributed by atoms with Crippen molar-refractivity contribution >= 4 is 5.91 Å². The first kappa shape index (κ1) is 14.6. The average molecular weight is 248 g/mol. The van der Waals surface area contributed by atoms with E-state index in [-0.39, 0.29) is 11.7 Å². The molecule has 0 aliphatic carbocycles. The predicted octanol–water partition coefficient (Wildman–Crippen LogP) is 2.64. The molecule has 0 saturated carbocycles. The van der Waals surface area contributed by atoms with Gasteiger partial charge in [0.25, 0.3) is 0 Å². The quantitative estimate of drug-likeness (QED) is 0.840. The van der Waals surface area contributed by atoms with Crippen LogP contribution in [0.15, 0.2) is 24.3 Å². The fraction of sp³-hybridized carbons (Fsp3) is 0.467. The Bertz CT molecular complexity index is 371. The van der Waals surface area contributed by atoms with Gasteiger partial charge in [0.2, 0.25) is 5.91 Å². The SMILES string of the molecule is CC(C)CCN(C)C(=O)[CH]Cc1ccc(O)cc1. The van der Waals surface area contributed by atoms with Crippen LogP contribution in [0.5, 0.6) is 5.75 Å². The van der Waals surface area contributed by atoms with Gasteiger partial charge in [-0.25, -0.2) is 0 Å². The maximum Gasteiger partial charge on any atom is 0.226 e. The zero-order chi connectivity index (χ0) is 13.5. The number of carbonyl (C=O) groups is 1. The van der Waals surface area contributed by atoms with E-state index in [0.717, 1.165) is 18.5 Å². The Balaban J connectivity index is 2.34. The number of amides is 1. The number of rotatable bonds is 6. The monoisotopic (exact) mass is 248 g/mol. The molecule has 0 fully saturated rings. The first-order valence-electron chi connectivity index (χ1n) is 6.35. The van der Waals surface area contributed by atoms with Gasteiger partial charge in [0.05, 0.1) is 6.42 Å².